The summed E-state index contributed by atoms with van der Waals surface area (Å²) in [7, 11) is 0. The number of likely N-dealkylation sites (tertiary alicyclic amines) is 1. The van der Waals surface area contributed by atoms with Gasteiger partial charge in [-0.15, -0.1) is 5.10 Å². The molecule has 0 saturated carbocycles. The molecule has 0 bridgehead atoms. The number of carbonyl (C=O) groups is 2. The third-order valence-electron chi connectivity index (χ3n) is 5.07. The summed E-state index contributed by atoms with van der Waals surface area (Å²) in [6.45, 7) is 4.53. The predicted octanol–water partition coefficient (Wildman–Crippen LogP) is 2.80. The number of amides is 3. The van der Waals surface area contributed by atoms with E-state index in [0.29, 0.717) is 24.2 Å². The zero-order valence-corrected chi connectivity index (χ0v) is 16.4. The maximum absolute atomic E-state index is 12.5. The fraction of sp³-hybridized carbons (Fsp3) is 0.333. The molecule has 3 amide bonds. The van der Waals surface area contributed by atoms with Crippen molar-refractivity contribution in [2.75, 3.05) is 25.0 Å². The van der Waals surface area contributed by atoms with Crippen LogP contribution in [0, 0.1) is 6.92 Å². The zero-order chi connectivity index (χ0) is 20.2. The molecule has 0 unspecified atom stereocenters. The molecule has 3 aromatic rings. The molecule has 2 heterocycles. The molecule has 8 nitrogen and oxygen atoms in total. The second-order valence-electron chi connectivity index (χ2n) is 7.26. The van der Waals surface area contributed by atoms with Gasteiger partial charge in [0.05, 0.1) is 12.1 Å². The predicted molar refractivity (Wildman–Crippen MR) is 111 cm³/mol. The summed E-state index contributed by atoms with van der Waals surface area (Å²) >= 11 is 0. The minimum Gasteiger partial charge on any atom is -0.339 e. The molecule has 1 fully saturated rings. The normalized spacial score (nSPS) is 13.6. The first kappa shape index (κ1) is 18.9. The number of aromatic nitrogens is 3. The number of fused-ring (bicyclic) bond motifs is 1. The summed E-state index contributed by atoms with van der Waals surface area (Å²) < 4.78 is 1.73. The molecule has 0 spiro atoms. The first-order chi connectivity index (χ1) is 14.1. The van der Waals surface area contributed by atoms with E-state index in [4.69, 9.17) is 0 Å². The fourth-order valence-corrected chi connectivity index (χ4v) is 3.46. The lowest BCUT2D eigenvalue weighted by atomic mass is 10.1. The SMILES string of the molecule is Cc1ccc(NC(=O)NCCn2nnc3cc(C(=O)N4CCCC4)ccc32)cc1. The highest BCUT2D eigenvalue weighted by molar-refractivity contribution is 5.97. The highest BCUT2D eigenvalue weighted by Crippen LogP contribution is 2.17. The van der Waals surface area contributed by atoms with E-state index in [0.717, 1.165) is 42.7 Å². The molecule has 4 rings (SSSR count). The van der Waals surface area contributed by atoms with Gasteiger partial charge in [0.1, 0.15) is 5.52 Å². The van der Waals surface area contributed by atoms with Crippen molar-refractivity contribution in [3.8, 4) is 0 Å². The van der Waals surface area contributed by atoms with Crippen LogP contribution in [-0.4, -0.2) is 51.5 Å². The van der Waals surface area contributed by atoms with E-state index in [9.17, 15) is 9.59 Å². The first-order valence-electron chi connectivity index (χ1n) is 9.84. The van der Waals surface area contributed by atoms with Gasteiger partial charge in [0.2, 0.25) is 0 Å². The number of anilines is 1. The van der Waals surface area contributed by atoms with Crippen molar-refractivity contribution in [3.63, 3.8) is 0 Å². The summed E-state index contributed by atoms with van der Waals surface area (Å²) in [6.07, 6.45) is 2.13. The number of hydrogen-bond donors (Lipinski definition) is 2. The zero-order valence-electron chi connectivity index (χ0n) is 16.4. The summed E-state index contributed by atoms with van der Waals surface area (Å²) in [5.74, 6) is 0.0494. The van der Waals surface area contributed by atoms with Crippen molar-refractivity contribution in [2.45, 2.75) is 26.3 Å². The number of carbonyl (C=O) groups excluding carboxylic acids is 2. The molecule has 0 radical (unpaired) electrons. The van der Waals surface area contributed by atoms with Crippen LogP contribution in [0.1, 0.15) is 28.8 Å². The molecule has 2 N–H and O–H groups in total. The number of nitrogens with one attached hydrogen (secondary N) is 2. The third kappa shape index (κ3) is 4.37. The average Bonchev–Trinajstić information content (AvgIpc) is 3.39. The highest BCUT2D eigenvalue weighted by Gasteiger charge is 2.20. The van der Waals surface area contributed by atoms with Crippen LogP contribution in [0.25, 0.3) is 11.0 Å². The molecule has 1 aromatic heterocycles. The van der Waals surface area contributed by atoms with Gasteiger partial charge in [-0.1, -0.05) is 22.9 Å². The number of hydrogen-bond acceptors (Lipinski definition) is 4. The van der Waals surface area contributed by atoms with Gasteiger partial charge in [-0.2, -0.15) is 0 Å². The van der Waals surface area contributed by atoms with Crippen LogP contribution in [0.15, 0.2) is 42.5 Å². The van der Waals surface area contributed by atoms with Crippen molar-refractivity contribution in [1.29, 1.82) is 0 Å². The maximum Gasteiger partial charge on any atom is 0.319 e. The maximum atomic E-state index is 12.5. The Hall–Kier alpha value is -3.42. The number of aryl methyl sites for hydroxylation is 1. The van der Waals surface area contributed by atoms with Crippen LogP contribution in [0.5, 0.6) is 0 Å². The smallest absolute Gasteiger partial charge is 0.319 e. The second-order valence-corrected chi connectivity index (χ2v) is 7.26. The molecule has 8 heteroatoms. The van der Waals surface area contributed by atoms with Gasteiger partial charge in [-0.05, 0) is 50.1 Å². The van der Waals surface area contributed by atoms with E-state index in [-0.39, 0.29) is 11.9 Å². The number of benzene rings is 2. The lowest BCUT2D eigenvalue weighted by molar-refractivity contribution is 0.0793. The topological polar surface area (TPSA) is 92.1 Å². The van der Waals surface area contributed by atoms with Crippen molar-refractivity contribution in [1.82, 2.24) is 25.2 Å². The minimum atomic E-state index is -0.267. The monoisotopic (exact) mass is 392 g/mol. The molecule has 0 atom stereocenters. The Kier molecular flexibility index (Phi) is 5.41. The van der Waals surface area contributed by atoms with Gasteiger partial charge < -0.3 is 15.5 Å². The lowest BCUT2D eigenvalue weighted by Crippen LogP contribution is -2.31. The molecule has 1 aliphatic rings. The van der Waals surface area contributed by atoms with Crippen molar-refractivity contribution in [3.05, 3.63) is 53.6 Å². The number of urea groups is 1. The van der Waals surface area contributed by atoms with Gasteiger partial charge in [0, 0.05) is 30.9 Å². The first-order valence-corrected chi connectivity index (χ1v) is 9.84. The molecule has 2 aromatic carbocycles. The lowest BCUT2D eigenvalue weighted by Gasteiger charge is -2.14. The van der Waals surface area contributed by atoms with Crippen LogP contribution >= 0.6 is 0 Å². The van der Waals surface area contributed by atoms with E-state index in [1.54, 1.807) is 10.7 Å². The van der Waals surface area contributed by atoms with Crippen LogP contribution in [-0.2, 0) is 6.54 Å². The number of rotatable bonds is 5. The van der Waals surface area contributed by atoms with Crippen LogP contribution in [0.4, 0.5) is 10.5 Å². The van der Waals surface area contributed by atoms with E-state index < -0.39 is 0 Å². The second kappa shape index (κ2) is 8.30. The summed E-state index contributed by atoms with van der Waals surface area (Å²) in [4.78, 5) is 26.4. The highest BCUT2D eigenvalue weighted by atomic mass is 16.2. The van der Waals surface area contributed by atoms with Gasteiger partial charge in [0.25, 0.3) is 5.91 Å². The van der Waals surface area contributed by atoms with Crippen molar-refractivity contribution < 1.29 is 9.59 Å². The van der Waals surface area contributed by atoms with Crippen LogP contribution in [0.2, 0.25) is 0 Å². The molecule has 1 aliphatic heterocycles. The van der Waals surface area contributed by atoms with Gasteiger partial charge >= 0.3 is 6.03 Å². The average molecular weight is 392 g/mol. The van der Waals surface area contributed by atoms with Crippen LogP contribution in [0.3, 0.4) is 0 Å². The molecule has 0 aliphatic carbocycles. The summed E-state index contributed by atoms with van der Waals surface area (Å²) in [6, 6.07) is 12.8. The van der Waals surface area contributed by atoms with Crippen molar-refractivity contribution in [2.24, 2.45) is 0 Å². The fourth-order valence-electron chi connectivity index (χ4n) is 3.46. The Bertz CT molecular complexity index is 1020. The van der Waals surface area contributed by atoms with Gasteiger partial charge in [-0.25, -0.2) is 9.48 Å². The molecular weight excluding hydrogens is 368 g/mol. The standard InChI is InChI=1S/C21H24N6O2/c1-15-4-7-17(8-5-15)23-21(29)22-10-13-27-19-9-6-16(14-18(19)24-25-27)20(28)26-11-2-3-12-26/h4-9,14H,2-3,10-13H2,1H3,(H2,22,23,29). The Morgan fingerprint density at radius 2 is 1.83 bits per heavy atom. The Balaban J connectivity index is 1.34. The largest absolute Gasteiger partial charge is 0.339 e. The van der Waals surface area contributed by atoms with Crippen LogP contribution < -0.4 is 10.6 Å². The van der Waals surface area contributed by atoms with E-state index in [2.05, 4.69) is 20.9 Å². The van der Waals surface area contributed by atoms with E-state index >= 15 is 0 Å². The number of nitrogens with zero attached hydrogens (tertiary/aromatic N) is 4. The van der Waals surface area contributed by atoms with E-state index in [1.165, 1.54) is 0 Å². The third-order valence-corrected chi connectivity index (χ3v) is 5.07. The quantitative estimate of drug-likeness (QED) is 0.698. The minimum absolute atomic E-state index is 0.0494. The summed E-state index contributed by atoms with van der Waals surface area (Å²) in [5.41, 5.74) is 4.04. The van der Waals surface area contributed by atoms with Gasteiger partial charge in [-0.3, -0.25) is 4.79 Å². The molecular formula is C21H24N6O2. The van der Waals surface area contributed by atoms with Crippen molar-refractivity contribution >= 4 is 28.7 Å². The molecule has 150 valence electrons. The Morgan fingerprint density at radius 1 is 1.07 bits per heavy atom. The Labute approximate surface area is 168 Å². The van der Waals surface area contributed by atoms with E-state index in [1.807, 2.05) is 48.2 Å². The molecule has 29 heavy (non-hydrogen) atoms. The Morgan fingerprint density at radius 3 is 2.59 bits per heavy atom. The molecule has 1 saturated heterocycles. The van der Waals surface area contributed by atoms with Gasteiger partial charge in [0.15, 0.2) is 0 Å². The summed E-state index contributed by atoms with van der Waals surface area (Å²) in [5, 5.41) is 13.9.